The van der Waals surface area contributed by atoms with Gasteiger partial charge in [0.25, 0.3) is 0 Å². The van der Waals surface area contributed by atoms with Crippen LogP contribution in [0.4, 0.5) is 4.79 Å². The maximum absolute atomic E-state index is 13.0. The molecule has 6 nitrogen and oxygen atoms in total. The molecule has 27 heavy (non-hydrogen) atoms. The number of ether oxygens (including phenoxy) is 2. The quantitative estimate of drug-likeness (QED) is 0.770. The molecule has 1 aliphatic heterocycles. The minimum atomic E-state index is -0.707. The first-order valence-corrected chi connectivity index (χ1v) is 9.68. The number of nitrogens with one attached hydrogen (secondary N) is 2. The van der Waals surface area contributed by atoms with Crippen molar-refractivity contribution < 1.29 is 19.1 Å². The van der Waals surface area contributed by atoms with Gasteiger partial charge in [-0.05, 0) is 45.6 Å². The highest BCUT2D eigenvalue weighted by Crippen LogP contribution is 2.36. The van der Waals surface area contributed by atoms with E-state index in [1.54, 1.807) is 0 Å². The van der Waals surface area contributed by atoms with E-state index in [4.69, 9.17) is 9.47 Å². The molecule has 2 aliphatic rings. The van der Waals surface area contributed by atoms with Crippen molar-refractivity contribution in [2.75, 3.05) is 0 Å². The van der Waals surface area contributed by atoms with E-state index in [1.807, 2.05) is 38.1 Å². The van der Waals surface area contributed by atoms with E-state index < -0.39 is 12.0 Å². The smallest absolute Gasteiger partial charge is 0.319 e. The molecule has 1 aromatic rings. The summed E-state index contributed by atoms with van der Waals surface area (Å²) in [5, 5.41) is 5.47. The second-order valence-corrected chi connectivity index (χ2v) is 7.48. The molecule has 1 saturated carbocycles. The van der Waals surface area contributed by atoms with E-state index in [0.29, 0.717) is 11.4 Å². The summed E-state index contributed by atoms with van der Waals surface area (Å²) in [4.78, 5) is 25.1. The zero-order valence-electron chi connectivity index (χ0n) is 16.0. The summed E-state index contributed by atoms with van der Waals surface area (Å²) in [6.45, 7) is 7.79. The van der Waals surface area contributed by atoms with E-state index in [2.05, 4.69) is 17.2 Å². The van der Waals surface area contributed by atoms with Gasteiger partial charge in [-0.15, -0.1) is 0 Å². The lowest BCUT2D eigenvalue weighted by Gasteiger charge is -2.35. The number of hydrogen-bond donors (Lipinski definition) is 2. The Kier molecular flexibility index (Phi) is 6.04. The molecule has 0 radical (unpaired) electrons. The maximum Gasteiger partial charge on any atom is 0.319 e. The molecule has 1 heterocycles. The van der Waals surface area contributed by atoms with Gasteiger partial charge in [0, 0.05) is 11.3 Å². The van der Waals surface area contributed by atoms with Crippen molar-refractivity contribution in [1.29, 1.82) is 0 Å². The summed E-state index contributed by atoms with van der Waals surface area (Å²) in [6.07, 6.45) is 5.04. The molecule has 1 aliphatic carbocycles. The lowest BCUT2D eigenvalue weighted by Crippen LogP contribution is -2.51. The Labute approximate surface area is 160 Å². The summed E-state index contributed by atoms with van der Waals surface area (Å²) in [5.41, 5.74) is 1.09. The summed E-state index contributed by atoms with van der Waals surface area (Å²) < 4.78 is 11.7. The molecule has 2 amide bonds. The van der Waals surface area contributed by atoms with Crippen LogP contribution in [0.2, 0.25) is 0 Å². The van der Waals surface area contributed by atoms with Gasteiger partial charge >= 0.3 is 12.0 Å². The number of amides is 2. The summed E-state index contributed by atoms with van der Waals surface area (Å²) in [7, 11) is 0. The van der Waals surface area contributed by atoms with Crippen LogP contribution in [0, 0.1) is 5.92 Å². The predicted octanol–water partition coefficient (Wildman–Crippen LogP) is 3.83. The number of carbonyl (C=O) groups is 2. The Morgan fingerprint density at radius 1 is 1.19 bits per heavy atom. The molecule has 2 atom stereocenters. The van der Waals surface area contributed by atoms with E-state index in [-0.39, 0.29) is 24.2 Å². The van der Waals surface area contributed by atoms with Gasteiger partial charge in [-0.3, -0.25) is 4.79 Å². The third kappa shape index (κ3) is 4.62. The summed E-state index contributed by atoms with van der Waals surface area (Å²) in [6, 6.07) is 6.47. The highest BCUT2D eigenvalue weighted by Gasteiger charge is 2.41. The minimum Gasteiger partial charge on any atom is -0.491 e. The fourth-order valence-corrected chi connectivity index (χ4v) is 3.74. The van der Waals surface area contributed by atoms with Gasteiger partial charge < -0.3 is 20.1 Å². The van der Waals surface area contributed by atoms with E-state index >= 15 is 0 Å². The van der Waals surface area contributed by atoms with Gasteiger partial charge in [0.1, 0.15) is 17.8 Å². The van der Waals surface area contributed by atoms with Gasteiger partial charge in [0.15, 0.2) is 0 Å². The number of para-hydroxylation sites is 1. The molecule has 0 spiro atoms. The molecular weight excluding hydrogens is 344 g/mol. The third-order valence-corrected chi connectivity index (χ3v) is 4.98. The lowest BCUT2D eigenvalue weighted by atomic mass is 9.88. The molecule has 2 unspecified atom stereocenters. The SMILES string of the molecule is C=C1NC(=O)NC(c2ccccc2OC(C)C)C1C(=O)OC1CCCCC1. The Hall–Kier alpha value is -2.50. The largest absolute Gasteiger partial charge is 0.491 e. The Morgan fingerprint density at radius 2 is 1.89 bits per heavy atom. The molecule has 146 valence electrons. The summed E-state index contributed by atoms with van der Waals surface area (Å²) >= 11 is 0. The second-order valence-electron chi connectivity index (χ2n) is 7.48. The van der Waals surface area contributed by atoms with E-state index in [1.165, 1.54) is 6.42 Å². The number of carbonyl (C=O) groups excluding carboxylic acids is 2. The zero-order valence-corrected chi connectivity index (χ0v) is 16.0. The number of esters is 1. The third-order valence-electron chi connectivity index (χ3n) is 4.98. The van der Waals surface area contributed by atoms with Crippen molar-refractivity contribution in [1.82, 2.24) is 10.6 Å². The van der Waals surface area contributed by atoms with E-state index in [9.17, 15) is 9.59 Å². The standard InChI is InChI=1S/C21H28N2O4/c1-13(2)26-17-12-8-7-11-16(17)19-18(14(3)22-21(25)23-19)20(24)27-15-9-5-4-6-10-15/h7-8,11-13,15,18-19H,3-6,9-10H2,1-2H3,(H2,22,23,25). The number of benzene rings is 1. The van der Waals surface area contributed by atoms with Crippen LogP contribution in [-0.2, 0) is 9.53 Å². The van der Waals surface area contributed by atoms with Gasteiger partial charge in [0.2, 0.25) is 0 Å². The van der Waals surface area contributed by atoms with Crippen LogP contribution < -0.4 is 15.4 Å². The van der Waals surface area contributed by atoms with E-state index in [0.717, 1.165) is 31.2 Å². The van der Waals surface area contributed by atoms with Crippen LogP contribution in [0.25, 0.3) is 0 Å². The van der Waals surface area contributed by atoms with Crippen molar-refractivity contribution in [3.63, 3.8) is 0 Å². The van der Waals surface area contributed by atoms with Crippen molar-refractivity contribution >= 4 is 12.0 Å². The molecule has 2 fully saturated rings. The maximum atomic E-state index is 13.0. The fraction of sp³-hybridized carbons (Fsp3) is 0.524. The van der Waals surface area contributed by atoms with Crippen molar-refractivity contribution in [3.05, 3.63) is 42.1 Å². The van der Waals surface area contributed by atoms with Crippen molar-refractivity contribution in [2.45, 2.75) is 64.2 Å². The average Bonchev–Trinajstić information content (AvgIpc) is 2.61. The number of urea groups is 1. The number of rotatable bonds is 5. The predicted molar refractivity (Wildman–Crippen MR) is 102 cm³/mol. The van der Waals surface area contributed by atoms with Gasteiger partial charge in [0.05, 0.1) is 12.1 Å². The Morgan fingerprint density at radius 3 is 2.59 bits per heavy atom. The topological polar surface area (TPSA) is 76.7 Å². The Balaban J connectivity index is 1.87. The molecule has 0 bridgehead atoms. The average molecular weight is 372 g/mol. The molecule has 1 aromatic carbocycles. The molecule has 6 heteroatoms. The normalized spacial score (nSPS) is 23.5. The fourth-order valence-electron chi connectivity index (χ4n) is 3.74. The van der Waals surface area contributed by atoms with Crippen LogP contribution in [0.15, 0.2) is 36.5 Å². The second kappa shape index (κ2) is 8.46. The zero-order chi connectivity index (χ0) is 19.4. The van der Waals surface area contributed by atoms with Crippen LogP contribution in [-0.4, -0.2) is 24.2 Å². The molecule has 0 aromatic heterocycles. The first-order valence-electron chi connectivity index (χ1n) is 9.68. The van der Waals surface area contributed by atoms with Gasteiger partial charge in [-0.2, -0.15) is 0 Å². The van der Waals surface area contributed by atoms with Crippen LogP contribution in [0.3, 0.4) is 0 Å². The molecule has 3 rings (SSSR count). The number of hydrogen-bond acceptors (Lipinski definition) is 4. The summed E-state index contributed by atoms with van der Waals surface area (Å²) in [5.74, 6) is -0.423. The minimum absolute atomic E-state index is 0.0283. The Bertz CT molecular complexity index is 710. The molecular formula is C21H28N2O4. The monoisotopic (exact) mass is 372 g/mol. The highest BCUT2D eigenvalue weighted by molar-refractivity contribution is 5.85. The lowest BCUT2D eigenvalue weighted by molar-refractivity contribution is -0.155. The molecule has 2 N–H and O–H groups in total. The van der Waals surface area contributed by atoms with Crippen LogP contribution in [0.1, 0.15) is 57.6 Å². The van der Waals surface area contributed by atoms with Crippen LogP contribution >= 0.6 is 0 Å². The van der Waals surface area contributed by atoms with Gasteiger partial charge in [-0.1, -0.05) is 31.2 Å². The first kappa shape index (κ1) is 19.3. The van der Waals surface area contributed by atoms with Crippen molar-refractivity contribution in [2.24, 2.45) is 5.92 Å². The van der Waals surface area contributed by atoms with Gasteiger partial charge in [-0.25, -0.2) is 4.79 Å². The van der Waals surface area contributed by atoms with Crippen molar-refractivity contribution in [3.8, 4) is 5.75 Å². The molecule has 1 saturated heterocycles. The van der Waals surface area contributed by atoms with Crippen LogP contribution in [0.5, 0.6) is 5.75 Å². The first-order chi connectivity index (χ1) is 13.0. The highest BCUT2D eigenvalue weighted by atomic mass is 16.5.